The summed E-state index contributed by atoms with van der Waals surface area (Å²) in [7, 11) is 0. The molecule has 4 heteroatoms. The summed E-state index contributed by atoms with van der Waals surface area (Å²) in [4.78, 5) is 3.81. The van der Waals surface area contributed by atoms with Crippen molar-refractivity contribution in [2.45, 2.75) is 18.5 Å². The second kappa shape index (κ2) is 6.87. The fourth-order valence-electron chi connectivity index (χ4n) is 2.76. The van der Waals surface area contributed by atoms with E-state index in [2.05, 4.69) is 4.98 Å². The summed E-state index contributed by atoms with van der Waals surface area (Å²) in [5.41, 5.74) is 1.70. The van der Waals surface area contributed by atoms with Crippen LogP contribution in [0.4, 0.5) is 13.2 Å². The Morgan fingerprint density at radius 3 is 1.75 bits per heavy atom. The van der Waals surface area contributed by atoms with Crippen molar-refractivity contribution in [2.24, 2.45) is 0 Å². The van der Waals surface area contributed by atoms with Gasteiger partial charge < -0.3 is 0 Å². The number of pyridine rings is 1. The average molecular weight is 327 g/mol. The molecule has 3 aromatic rings. The molecular formula is C20H16F3N. The normalized spacial score (nSPS) is 11.7. The van der Waals surface area contributed by atoms with Crippen LogP contribution in [0.25, 0.3) is 0 Å². The lowest BCUT2D eigenvalue weighted by Crippen LogP contribution is -2.11. The molecule has 0 bridgehead atoms. The Balaban J connectivity index is 1.96. The third kappa shape index (κ3) is 3.82. The third-order valence-electron chi connectivity index (χ3n) is 3.91. The predicted octanol–water partition coefficient (Wildman–Crippen LogP) is 5.48. The second-order valence-electron chi connectivity index (χ2n) is 5.59. The van der Waals surface area contributed by atoms with E-state index in [0.717, 1.165) is 17.2 Å². The van der Waals surface area contributed by atoms with Gasteiger partial charge in [-0.05, 0) is 23.3 Å². The van der Waals surface area contributed by atoms with Crippen molar-refractivity contribution < 1.29 is 13.2 Å². The maximum absolute atomic E-state index is 12.9. The molecule has 0 amide bonds. The summed E-state index contributed by atoms with van der Waals surface area (Å²) in [5.74, 6) is -0.0385. The summed E-state index contributed by atoms with van der Waals surface area (Å²) < 4.78 is 38.7. The largest absolute Gasteiger partial charge is 0.433 e. The zero-order chi connectivity index (χ0) is 17.0. The van der Waals surface area contributed by atoms with Crippen molar-refractivity contribution in [1.29, 1.82) is 0 Å². The molecule has 122 valence electrons. The number of halogens is 3. The molecule has 1 aromatic heterocycles. The number of nitrogens with zero attached hydrogens (tertiary/aromatic N) is 1. The van der Waals surface area contributed by atoms with E-state index < -0.39 is 11.9 Å². The highest BCUT2D eigenvalue weighted by molar-refractivity contribution is 5.34. The van der Waals surface area contributed by atoms with E-state index in [0.29, 0.717) is 12.1 Å². The van der Waals surface area contributed by atoms with Crippen LogP contribution in [0.1, 0.15) is 28.4 Å². The number of alkyl halides is 3. The van der Waals surface area contributed by atoms with Crippen LogP contribution >= 0.6 is 0 Å². The smallest absolute Gasteiger partial charge is 0.248 e. The van der Waals surface area contributed by atoms with Gasteiger partial charge in [0.15, 0.2) is 0 Å². The Labute approximate surface area is 138 Å². The minimum atomic E-state index is -4.43. The zero-order valence-corrected chi connectivity index (χ0v) is 12.9. The average Bonchev–Trinajstić information content (AvgIpc) is 2.61. The molecule has 0 spiro atoms. The van der Waals surface area contributed by atoms with Crippen LogP contribution in [0.2, 0.25) is 0 Å². The molecular weight excluding hydrogens is 311 g/mol. The SMILES string of the molecule is FC(F)(F)c1cccc(CC(c2ccccc2)c2ccccc2)n1. The molecule has 0 atom stereocenters. The van der Waals surface area contributed by atoms with E-state index in [1.807, 2.05) is 60.7 Å². The first-order valence-corrected chi connectivity index (χ1v) is 7.67. The van der Waals surface area contributed by atoms with E-state index in [1.54, 1.807) is 6.07 Å². The molecule has 0 unspecified atom stereocenters. The Bertz CT molecular complexity index is 743. The van der Waals surface area contributed by atoms with E-state index in [1.165, 1.54) is 6.07 Å². The third-order valence-corrected chi connectivity index (χ3v) is 3.91. The van der Waals surface area contributed by atoms with Crippen molar-refractivity contribution >= 4 is 0 Å². The van der Waals surface area contributed by atoms with Crippen molar-refractivity contribution in [3.05, 3.63) is 101 Å². The van der Waals surface area contributed by atoms with Crippen LogP contribution in [0.5, 0.6) is 0 Å². The fraction of sp³-hybridized carbons (Fsp3) is 0.150. The lowest BCUT2D eigenvalue weighted by Gasteiger charge is -2.18. The Morgan fingerprint density at radius 1 is 0.708 bits per heavy atom. The molecule has 0 saturated carbocycles. The van der Waals surface area contributed by atoms with Crippen LogP contribution in [-0.4, -0.2) is 4.98 Å². The van der Waals surface area contributed by atoms with Gasteiger partial charge in [0.2, 0.25) is 0 Å². The van der Waals surface area contributed by atoms with Crippen LogP contribution < -0.4 is 0 Å². The number of hydrogen-bond donors (Lipinski definition) is 0. The quantitative estimate of drug-likeness (QED) is 0.619. The number of hydrogen-bond acceptors (Lipinski definition) is 1. The van der Waals surface area contributed by atoms with Gasteiger partial charge in [-0.3, -0.25) is 0 Å². The molecule has 0 radical (unpaired) electrons. The molecule has 0 N–H and O–H groups in total. The first-order valence-electron chi connectivity index (χ1n) is 7.67. The molecule has 3 rings (SSSR count). The van der Waals surface area contributed by atoms with Gasteiger partial charge in [0.25, 0.3) is 0 Å². The number of rotatable bonds is 4. The minimum absolute atomic E-state index is 0.0385. The second-order valence-corrected chi connectivity index (χ2v) is 5.59. The lowest BCUT2D eigenvalue weighted by molar-refractivity contribution is -0.141. The minimum Gasteiger partial charge on any atom is -0.248 e. The molecule has 0 aliphatic carbocycles. The standard InChI is InChI=1S/C20H16F3N/c21-20(22,23)19-13-7-12-17(24-19)14-18(15-8-3-1-4-9-15)16-10-5-2-6-11-16/h1-13,18H,14H2. The van der Waals surface area contributed by atoms with Gasteiger partial charge in [0.1, 0.15) is 5.69 Å². The van der Waals surface area contributed by atoms with Gasteiger partial charge in [-0.1, -0.05) is 66.7 Å². The molecule has 1 nitrogen and oxygen atoms in total. The van der Waals surface area contributed by atoms with Gasteiger partial charge in [-0.15, -0.1) is 0 Å². The van der Waals surface area contributed by atoms with Gasteiger partial charge in [0, 0.05) is 18.0 Å². The Kier molecular flexibility index (Phi) is 4.65. The predicted molar refractivity (Wildman–Crippen MR) is 87.7 cm³/mol. The van der Waals surface area contributed by atoms with E-state index in [4.69, 9.17) is 0 Å². The van der Waals surface area contributed by atoms with Crippen LogP contribution in [-0.2, 0) is 12.6 Å². The van der Waals surface area contributed by atoms with Gasteiger partial charge >= 0.3 is 6.18 Å². The summed E-state index contributed by atoms with van der Waals surface area (Å²) in [5, 5.41) is 0. The maximum Gasteiger partial charge on any atom is 0.433 e. The van der Waals surface area contributed by atoms with E-state index in [9.17, 15) is 13.2 Å². The van der Waals surface area contributed by atoms with Crippen molar-refractivity contribution in [2.75, 3.05) is 0 Å². The topological polar surface area (TPSA) is 12.9 Å². The van der Waals surface area contributed by atoms with Gasteiger partial charge in [-0.2, -0.15) is 13.2 Å². The van der Waals surface area contributed by atoms with Crippen molar-refractivity contribution in [3.63, 3.8) is 0 Å². The first kappa shape index (κ1) is 16.2. The fourth-order valence-corrected chi connectivity index (χ4v) is 2.76. The molecule has 0 aliphatic heterocycles. The monoisotopic (exact) mass is 327 g/mol. The Hall–Kier alpha value is -2.62. The number of benzene rings is 2. The highest BCUT2D eigenvalue weighted by Crippen LogP contribution is 2.30. The summed E-state index contributed by atoms with van der Waals surface area (Å²) in [6, 6.07) is 23.6. The summed E-state index contributed by atoms with van der Waals surface area (Å²) in [6.07, 6.45) is -4.01. The molecule has 2 aromatic carbocycles. The number of aromatic nitrogens is 1. The van der Waals surface area contributed by atoms with Gasteiger partial charge in [0.05, 0.1) is 0 Å². The highest BCUT2D eigenvalue weighted by Gasteiger charge is 2.32. The Morgan fingerprint density at radius 2 is 1.25 bits per heavy atom. The van der Waals surface area contributed by atoms with E-state index in [-0.39, 0.29) is 5.92 Å². The summed E-state index contributed by atoms with van der Waals surface area (Å²) >= 11 is 0. The van der Waals surface area contributed by atoms with Crippen LogP contribution in [0, 0.1) is 0 Å². The molecule has 0 saturated heterocycles. The maximum atomic E-state index is 12.9. The van der Waals surface area contributed by atoms with Crippen molar-refractivity contribution in [3.8, 4) is 0 Å². The summed E-state index contributed by atoms with van der Waals surface area (Å²) in [6.45, 7) is 0. The molecule has 0 aliphatic rings. The lowest BCUT2D eigenvalue weighted by atomic mass is 9.87. The molecule has 24 heavy (non-hydrogen) atoms. The molecule has 1 heterocycles. The zero-order valence-electron chi connectivity index (χ0n) is 12.9. The van der Waals surface area contributed by atoms with Crippen LogP contribution in [0.3, 0.4) is 0 Å². The first-order chi connectivity index (χ1) is 11.5. The van der Waals surface area contributed by atoms with Gasteiger partial charge in [-0.25, -0.2) is 4.98 Å². The van der Waals surface area contributed by atoms with Crippen LogP contribution in [0.15, 0.2) is 78.9 Å². The highest BCUT2D eigenvalue weighted by atomic mass is 19.4. The van der Waals surface area contributed by atoms with E-state index >= 15 is 0 Å². The molecule has 0 fully saturated rings. The van der Waals surface area contributed by atoms with Crippen molar-refractivity contribution in [1.82, 2.24) is 4.98 Å².